The number of aliphatic carboxylic acids is 1. The average molecular weight is 299 g/mol. The summed E-state index contributed by atoms with van der Waals surface area (Å²) in [6.07, 6.45) is 0.992. The van der Waals surface area contributed by atoms with E-state index in [4.69, 9.17) is 5.11 Å². The van der Waals surface area contributed by atoms with Crippen LogP contribution in [0.15, 0.2) is 54.6 Å². The van der Waals surface area contributed by atoms with E-state index >= 15 is 0 Å². The van der Waals surface area contributed by atoms with Crippen molar-refractivity contribution in [3.05, 3.63) is 81.4 Å². The van der Waals surface area contributed by atoms with Crippen molar-refractivity contribution in [2.75, 3.05) is 0 Å². The van der Waals surface area contributed by atoms with Gasteiger partial charge in [0.1, 0.15) is 6.10 Å². The molecule has 22 heavy (non-hydrogen) atoms. The number of aliphatic hydroxyl groups excluding tert-OH is 1. The Hall–Kier alpha value is -2.99. The molecule has 2 rings (SSSR count). The van der Waals surface area contributed by atoms with Gasteiger partial charge < -0.3 is 10.2 Å². The van der Waals surface area contributed by atoms with Crippen molar-refractivity contribution in [3.8, 4) is 0 Å². The second kappa shape index (κ2) is 6.64. The number of carbonyl (C=O) groups is 1. The van der Waals surface area contributed by atoms with Gasteiger partial charge in [0.05, 0.1) is 10.5 Å². The second-order valence-corrected chi connectivity index (χ2v) is 4.56. The summed E-state index contributed by atoms with van der Waals surface area (Å²) in [5.74, 6) is -1.19. The molecular weight excluding hydrogens is 286 g/mol. The highest BCUT2D eigenvalue weighted by Gasteiger charge is 2.17. The summed E-state index contributed by atoms with van der Waals surface area (Å²) in [5, 5.41) is 30.0. The minimum absolute atomic E-state index is 0.163. The molecule has 0 aliphatic rings. The Bertz CT molecular complexity index is 725. The molecule has 6 nitrogen and oxygen atoms in total. The molecular formula is C16H13NO5. The molecule has 0 aliphatic carbocycles. The van der Waals surface area contributed by atoms with Gasteiger partial charge in [-0.15, -0.1) is 0 Å². The Morgan fingerprint density at radius 2 is 1.82 bits per heavy atom. The van der Waals surface area contributed by atoms with E-state index in [1.54, 1.807) is 30.3 Å². The number of carboxylic acid groups (broad SMARTS) is 1. The lowest BCUT2D eigenvalue weighted by atomic mass is 9.99. The largest absolute Gasteiger partial charge is 0.478 e. The Kier molecular flexibility index (Phi) is 4.65. The third kappa shape index (κ3) is 3.56. The van der Waals surface area contributed by atoms with Crippen LogP contribution in [0.1, 0.15) is 22.8 Å². The maximum Gasteiger partial charge on any atom is 0.328 e. The molecule has 0 radical (unpaired) electrons. The van der Waals surface area contributed by atoms with E-state index in [9.17, 15) is 20.0 Å². The first kappa shape index (κ1) is 15.4. The number of nitrogens with zero attached hydrogens (tertiary/aromatic N) is 1. The maximum atomic E-state index is 11.1. The van der Waals surface area contributed by atoms with Crippen LogP contribution >= 0.6 is 0 Å². The topological polar surface area (TPSA) is 101 Å². The van der Waals surface area contributed by atoms with Gasteiger partial charge in [-0.3, -0.25) is 10.1 Å². The normalized spacial score (nSPS) is 12.2. The summed E-state index contributed by atoms with van der Waals surface area (Å²) in [6.45, 7) is 0. The standard InChI is InChI=1S/C16H13NO5/c18-15(19)9-8-11-6-7-13(10-14(11)17(21)22)16(20)12-4-2-1-3-5-12/h1-10,16,20H,(H,18,19)/b9-8+. The molecule has 6 heteroatoms. The van der Waals surface area contributed by atoms with Crippen molar-refractivity contribution in [3.63, 3.8) is 0 Å². The number of rotatable bonds is 5. The monoisotopic (exact) mass is 299 g/mol. The minimum Gasteiger partial charge on any atom is -0.478 e. The first-order valence-electron chi connectivity index (χ1n) is 6.41. The van der Waals surface area contributed by atoms with Gasteiger partial charge in [0.25, 0.3) is 5.69 Å². The molecule has 0 amide bonds. The predicted molar refractivity (Wildman–Crippen MR) is 80.3 cm³/mol. The number of hydrogen-bond acceptors (Lipinski definition) is 4. The minimum atomic E-state index is -1.19. The average Bonchev–Trinajstić information content (AvgIpc) is 2.52. The van der Waals surface area contributed by atoms with Gasteiger partial charge in [0.15, 0.2) is 0 Å². The second-order valence-electron chi connectivity index (χ2n) is 4.56. The molecule has 112 valence electrons. The van der Waals surface area contributed by atoms with Crippen LogP contribution in [-0.2, 0) is 4.79 Å². The summed E-state index contributed by atoms with van der Waals surface area (Å²) >= 11 is 0. The van der Waals surface area contributed by atoms with Crippen LogP contribution in [0.4, 0.5) is 5.69 Å². The summed E-state index contributed by atoms with van der Waals surface area (Å²) in [4.78, 5) is 21.0. The van der Waals surface area contributed by atoms with Crippen LogP contribution in [0.3, 0.4) is 0 Å². The number of nitro groups is 1. The summed E-state index contributed by atoms with van der Waals surface area (Å²) in [5.41, 5.74) is 0.886. The van der Waals surface area contributed by atoms with Gasteiger partial charge in [-0.2, -0.15) is 0 Å². The van der Waals surface area contributed by atoms with Gasteiger partial charge in [-0.05, 0) is 23.3 Å². The molecule has 2 aromatic rings. The van der Waals surface area contributed by atoms with E-state index in [0.29, 0.717) is 11.1 Å². The molecule has 1 unspecified atom stereocenters. The lowest BCUT2D eigenvalue weighted by Gasteiger charge is -2.11. The SMILES string of the molecule is O=C(O)/C=C/c1ccc(C(O)c2ccccc2)cc1[N+](=O)[O-]. The van der Waals surface area contributed by atoms with Crippen molar-refractivity contribution in [1.82, 2.24) is 0 Å². The summed E-state index contributed by atoms with van der Waals surface area (Å²) < 4.78 is 0. The molecule has 2 N–H and O–H groups in total. The summed E-state index contributed by atoms with van der Waals surface area (Å²) in [6, 6.07) is 13.0. The Labute approximate surface area is 126 Å². The fraction of sp³-hybridized carbons (Fsp3) is 0.0625. The number of carboxylic acids is 1. The van der Waals surface area contributed by atoms with Crippen LogP contribution in [0.2, 0.25) is 0 Å². The van der Waals surface area contributed by atoms with E-state index in [2.05, 4.69) is 0 Å². The molecule has 0 heterocycles. The maximum absolute atomic E-state index is 11.1. The molecule has 0 fully saturated rings. The van der Waals surface area contributed by atoms with E-state index in [0.717, 1.165) is 12.2 Å². The van der Waals surface area contributed by atoms with E-state index in [-0.39, 0.29) is 11.3 Å². The van der Waals surface area contributed by atoms with Crippen molar-refractivity contribution in [2.24, 2.45) is 0 Å². The van der Waals surface area contributed by atoms with Crippen LogP contribution in [0, 0.1) is 10.1 Å². The van der Waals surface area contributed by atoms with Gasteiger partial charge in [-0.25, -0.2) is 4.79 Å². The number of nitro benzene ring substituents is 1. The highest BCUT2D eigenvalue weighted by atomic mass is 16.6. The van der Waals surface area contributed by atoms with Gasteiger partial charge >= 0.3 is 5.97 Å². The molecule has 1 atom stereocenters. The number of aliphatic hydroxyl groups is 1. The lowest BCUT2D eigenvalue weighted by Crippen LogP contribution is -2.01. The first-order valence-corrected chi connectivity index (χ1v) is 6.41. The summed E-state index contributed by atoms with van der Waals surface area (Å²) in [7, 11) is 0. The van der Waals surface area contributed by atoms with E-state index in [1.807, 2.05) is 0 Å². The fourth-order valence-electron chi connectivity index (χ4n) is 2.02. The lowest BCUT2D eigenvalue weighted by molar-refractivity contribution is -0.385. The molecule has 0 aromatic heterocycles. The number of benzene rings is 2. The zero-order valence-electron chi connectivity index (χ0n) is 11.4. The van der Waals surface area contributed by atoms with Crippen molar-refractivity contribution in [1.29, 1.82) is 0 Å². The highest BCUT2D eigenvalue weighted by molar-refractivity contribution is 5.86. The molecule has 2 aromatic carbocycles. The van der Waals surface area contributed by atoms with Gasteiger partial charge in [0, 0.05) is 12.1 Å². The predicted octanol–water partition coefficient (Wildman–Crippen LogP) is 2.77. The first-order chi connectivity index (χ1) is 10.5. The van der Waals surface area contributed by atoms with Crippen LogP contribution in [0.5, 0.6) is 0 Å². The smallest absolute Gasteiger partial charge is 0.328 e. The van der Waals surface area contributed by atoms with Gasteiger partial charge in [0.2, 0.25) is 0 Å². The number of hydrogen-bond donors (Lipinski definition) is 2. The highest BCUT2D eigenvalue weighted by Crippen LogP contribution is 2.28. The van der Waals surface area contributed by atoms with Crippen LogP contribution in [-0.4, -0.2) is 21.1 Å². The molecule has 0 bridgehead atoms. The Balaban J connectivity index is 2.41. The molecule has 0 saturated carbocycles. The quantitative estimate of drug-likeness (QED) is 0.502. The van der Waals surface area contributed by atoms with Crippen molar-refractivity contribution < 1.29 is 19.9 Å². The zero-order valence-corrected chi connectivity index (χ0v) is 11.4. The van der Waals surface area contributed by atoms with Crippen LogP contribution in [0.25, 0.3) is 6.08 Å². The third-order valence-electron chi connectivity index (χ3n) is 3.09. The van der Waals surface area contributed by atoms with Crippen molar-refractivity contribution in [2.45, 2.75) is 6.10 Å². The molecule has 0 spiro atoms. The molecule has 0 aliphatic heterocycles. The molecule has 0 saturated heterocycles. The Morgan fingerprint density at radius 3 is 2.41 bits per heavy atom. The zero-order chi connectivity index (χ0) is 16.1. The van der Waals surface area contributed by atoms with Gasteiger partial charge in [-0.1, -0.05) is 36.4 Å². The van der Waals surface area contributed by atoms with Crippen LogP contribution < -0.4 is 0 Å². The third-order valence-corrected chi connectivity index (χ3v) is 3.09. The van der Waals surface area contributed by atoms with E-state index in [1.165, 1.54) is 18.2 Å². The van der Waals surface area contributed by atoms with Crippen molar-refractivity contribution >= 4 is 17.7 Å². The Morgan fingerprint density at radius 1 is 1.14 bits per heavy atom. The fourth-order valence-corrected chi connectivity index (χ4v) is 2.02. The van der Waals surface area contributed by atoms with E-state index < -0.39 is 17.0 Å².